The average molecular weight is 295 g/mol. The van der Waals surface area contributed by atoms with Crippen LogP contribution in [0.15, 0.2) is 42.5 Å². The van der Waals surface area contributed by atoms with Crippen LogP contribution < -0.4 is 11.1 Å². The lowest BCUT2D eigenvalue weighted by molar-refractivity contribution is -0.117. The molecule has 5 heteroatoms. The molecule has 3 rings (SSSR count). The normalized spacial score (nSPS) is 16.6. The fraction of sp³-hybridized carbons (Fsp3) is 0.235. The molecule has 0 spiro atoms. The molecule has 2 amide bonds. The number of nitrogens with zero attached hydrogens (tertiary/aromatic N) is 1. The highest BCUT2D eigenvalue weighted by Crippen LogP contribution is 2.32. The predicted molar refractivity (Wildman–Crippen MR) is 83.5 cm³/mol. The highest BCUT2D eigenvalue weighted by atomic mass is 16.2. The molecule has 22 heavy (non-hydrogen) atoms. The molecule has 1 aromatic heterocycles. The first-order valence-electron chi connectivity index (χ1n) is 7.30. The standard InChI is InChI=1S/C17H17N3O2/c18-16(21)14-9-4-10-15(19-14)20-17(22)13-8-3-6-11-5-1-2-7-12(11)13/h1-2,4-5,7,9-10,13H,3,6,8H2,(H2,18,21)(H,19,20,22)/t13-/m1/s1. The molecule has 0 unspecified atom stereocenters. The third-order valence-corrected chi connectivity index (χ3v) is 3.94. The number of primary amides is 1. The molecule has 0 saturated carbocycles. The largest absolute Gasteiger partial charge is 0.364 e. The van der Waals surface area contributed by atoms with Crippen molar-refractivity contribution in [1.82, 2.24) is 4.98 Å². The van der Waals surface area contributed by atoms with Gasteiger partial charge in [0.15, 0.2) is 0 Å². The quantitative estimate of drug-likeness (QED) is 0.910. The zero-order valence-corrected chi connectivity index (χ0v) is 12.1. The van der Waals surface area contributed by atoms with Gasteiger partial charge in [-0.2, -0.15) is 0 Å². The molecular formula is C17H17N3O2. The Morgan fingerprint density at radius 2 is 1.95 bits per heavy atom. The Morgan fingerprint density at radius 1 is 1.14 bits per heavy atom. The molecule has 1 aliphatic rings. The molecule has 0 saturated heterocycles. The van der Waals surface area contributed by atoms with Gasteiger partial charge in [0, 0.05) is 0 Å². The molecule has 1 atom stereocenters. The number of aryl methyl sites for hydroxylation is 1. The Morgan fingerprint density at radius 3 is 2.77 bits per heavy atom. The summed E-state index contributed by atoms with van der Waals surface area (Å²) in [4.78, 5) is 27.8. The van der Waals surface area contributed by atoms with Gasteiger partial charge in [0.1, 0.15) is 11.5 Å². The van der Waals surface area contributed by atoms with Crippen LogP contribution in [0.1, 0.15) is 40.4 Å². The summed E-state index contributed by atoms with van der Waals surface area (Å²) in [5.74, 6) is -0.534. The van der Waals surface area contributed by atoms with Crippen molar-refractivity contribution in [3.63, 3.8) is 0 Å². The topological polar surface area (TPSA) is 85.1 Å². The zero-order chi connectivity index (χ0) is 15.5. The highest BCUT2D eigenvalue weighted by molar-refractivity contribution is 5.96. The summed E-state index contributed by atoms with van der Waals surface area (Å²) in [6.45, 7) is 0. The van der Waals surface area contributed by atoms with Gasteiger partial charge in [-0.1, -0.05) is 30.3 Å². The highest BCUT2D eigenvalue weighted by Gasteiger charge is 2.26. The van der Waals surface area contributed by atoms with Crippen LogP contribution in [0.2, 0.25) is 0 Å². The number of nitrogens with one attached hydrogen (secondary N) is 1. The lowest BCUT2D eigenvalue weighted by Crippen LogP contribution is -2.25. The number of fused-ring (bicyclic) bond motifs is 1. The van der Waals surface area contributed by atoms with Crippen molar-refractivity contribution in [2.75, 3.05) is 5.32 Å². The number of benzene rings is 1. The van der Waals surface area contributed by atoms with Gasteiger partial charge in [0.25, 0.3) is 5.91 Å². The van der Waals surface area contributed by atoms with Gasteiger partial charge >= 0.3 is 0 Å². The average Bonchev–Trinajstić information content (AvgIpc) is 2.54. The molecule has 1 heterocycles. The van der Waals surface area contributed by atoms with Crippen LogP contribution in [-0.2, 0) is 11.2 Å². The lowest BCUT2D eigenvalue weighted by Gasteiger charge is -2.24. The molecule has 0 bridgehead atoms. The fourth-order valence-electron chi connectivity index (χ4n) is 2.88. The molecule has 0 fully saturated rings. The number of amides is 2. The van der Waals surface area contributed by atoms with Crippen molar-refractivity contribution in [1.29, 1.82) is 0 Å². The van der Waals surface area contributed by atoms with E-state index in [1.54, 1.807) is 12.1 Å². The second-order valence-corrected chi connectivity index (χ2v) is 5.41. The fourth-order valence-corrected chi connectivity index (χ4v) is 2.88. The van der Waals surface area contributed by atoms with E-state index >= 15 is 0 Å². The van der Waals surface area contributed by atoms with E-state index in [0.717, 1.165) is 24.8 Å². The first-order valence-corrected chi connectivity index (χ1v) is 7.30. The van der Waals surface area contributed by atoms with Gasteiger partial charge in [0.05, 0.1) is 5.92 Å². The minimum atomic E-state index is -0.612. The number of carbonyl (C=O) groups is 2. The Hall–Kier alpha value is -2.69. The van der Waals surface area contributed by atoms with Crippen molar-refractivity contribution < 1.29 is 9.59 Å². The van der Waals surface area contributed by atoms with Gasteiger partial charge < -0.3 is 11.1 Å². The van der Waals surface area contributed by atoms with Crippen LogP contribution in [0.4, 0.5) is 5.82 Å². The number of nitrogens with two attached hydrogens (primary N) is 1. The van der Waals surface area contributed by atoms with Crippen LogP contribution >= 0.6 is 0 Å². The Kier molecular flexibility index (Phi) is 3.87. The van der Waals surface area contributed by atoms with E-state index in [4.69, 9.17) is 5.73 Å². The molecule has 0 aliphatic heterocycles. The van der Waals surface area contributed by atoms with E-state index in [0.29, 0.717) is 5.82 Å². The molecule has 112 valence electrons. The van der Waals surface area contributed by atoms with E-state index in [1.807, 2.05) is 18.2 Å². The maximum absolute atomic E-state index is 12.5. The summed E-state index contributed by atoms with van der Waals surface area (Å²) in [6.07, 6.45) is 2.82. The van der Waals surface area contributed by atoms with Crippen LogP contribution in [0.5, 0.6) is 0 Å². The Bertz CT molecular complexity index is 727. The summed E-state index contributed by atoms with van der Waals surface area (Å²) in [5.41, 5.74) is 7.66. The molecule has 5 nitrogen and oxygen atoms in total. The molecule has 0 radical (unpaired) electrons. The van der Waals surface area contributed by atoms with Crippen LogP contribution in [0, 0.1) is 0 Å². The molecule has 2 aromatic rings. The number of carbonyl (C=O) groups excluding carboxylic acids is 2. The minimum Gasteiger partial charge on any atom is -0.364 e. The van der Waals surface area contributed by atoms with Gasteiger partial charge in [0.2, 0.25) is 5.91 Å². The first kappa shape index (κ1) is 14.3. The Labute approximate surface area is 128 Å². The third kappa shape index (κ3) is 2.83. The van der Waals surface area contributed by atoms with E-state index in [1.165, 1.54) is 11.6 Å². The van der Waals surface area contributed by atoms with E-state index in [9.17, 15) is 9.59 Å². The summed E-state index contributed by atoms with van der Waals surface area (Å²) in [5, 5.41) is 2.79. The van der Waals surface area contributed by atoms with Crippen molar-refractivity contribution in [2.45, 2.75) is 25.2 Å². The number of pyridine rings is 1. The smallest absolute Gasteiger partial charge is 0.267 e. The maximum Gasteiger partial charge on any atom is 0.267 e. The van der Waals surface area contributed by atoms with Gasteiger partial charge in [-0.15, -0.1) is 0 Å². The summed E-state index contributed by atoms with van der Waals surface area (Å²) in [7, 11) is 0. The van der Waals surface area contributed by atoms with E-state index in [2.05, 4.69) is 16.4 Å². The molecule has 1 aliphatic carbocycles. The summed E-state index contributed by atoms with van der Waals surface area (Å²) >= 11 is 0. The number of rotatable bonds is 3. The first-order chi connectivity index (χ1) is 10.6. The zero-order valence-electron chi connectivity index (χ0n) is 12.1. The second kappa shape index (κ2) is 5.97. The van der Waals surface area contributed by atoms with Gasteiger partial charge in [-0.25, -0.2) is 4.98 Å². The minimum absolute atomic E-state index is 0.0960. The van der Waals surface area contributed by atoms with Gasteiger partial charge in [-0.3, -0.25) is 9.59 Å². The lowest BCUT2D eigenvalue weighted by atomic mass is 9.82. The van der Waals surface area contributed by atoms with E-state index < -0.39 is 5.91 Å². The number of hydrogen-bond acceptors (Lipinski definition) is 3. The van der Waals surface area contributed by atoms with Crippen molar-refractivity contribution in [3.8, 4) is 0 Å². The maximum atomic E-state index is 12.5. The van der Waals surface area contributed by atoms with Crippen molar-refractivity contribution in [2.24, 2.45) is 5.73 Å². The number of anilines is 1. The summed E-state index contributed by atoms with van der Waals surface area (Å²) in [6, 6.07) is 12.9. The molecule has 3 N–H and O–H groups in total. The van der Waals surface area contributed by atoms with Crippen molar-refractivity contribution >= 4 is 17.6 Å². The van der Waals surface area contributed by atoms with Crippen LogP contribution in [-0.4, -0.2) is 16.8 Å². The third-order valence-electron chi connectivity index (χ3n) is 3.94. The SMILES string of the molecule is NC(=O)c1cccc(NC(=O)[C@@H]2CCCc3ccccc32)n1. The number of aromatic nitrogens is 1. The summed E-state index contributed by atoms with van der Waals surface area (Å²) < 4.78 is 0. The van der Waals surface area contributed by atoms with Crippen LogP contribution in [0.25, 0.3) is 0 Å². The van der Waals surface area contributed by atoms with E-state index in [-0.39, 0.29) is 17.5 Å². The van der Waals surface area contributed by atoms with Crippen molar-refractivity contribution in [3.05, 3.63) is 59.3 Å². The molecule has 1 aromatic carbocycles. The number of hydrogen-bond donors (Lipinski definition) is 2. The van der Waals surface area contributed by atoms with Crippen LogP contribution in [0.3, 0.4) is 0 Å². The predicted octanol–water partition coefficient (Wildman–Crippen LogP) is 2.24. The Balaban J connectivity index is 1.81. The monoisotopic (exact) mass is 295 g/mol. The molecular weight excluding hydrogens is 278 g/mol. The second-order valence-electron chi connectivity index (χ2n) is 5.41. The van der Waals surface area contributed by atoms with Gasteiger partial charge in [-0.05, 0) is 42.5 Å².